The number of rotatable bonds is 8. The number of anilines is 1. The molecule has 4 unspecified atom stereocenters. The number of hydrogen-bond donors (Lipinski definition) is 7. The summed E-state index contributed by atoms with van der Waals surface area (Å²) in [5.41, 5.74) is -1.39. The largest absolute Gasteiger partial charge is 0.490 e. The van der Waals surface area contributed by atoms with Crippen LogP contribution < -0.4 is 5.73 Å². The summed E-state index contributed by atoms with van der Waals surface area (Å²) in [6, 6.07) is 0.990. The molecule has 1 aromatic rings. The molecule has 0 bridgehead atoms. The number of halogens is 3. The summed E-state index contributed by atoms with van der Waals surface area (Å²) in [5.74, 6) is -0.203. The standard InChI is InChI=1S/C11H17F3N3O13P3S/c1-9(4-27-32(23,24)30-33(25,26)29-31(20,21)22)6(18)10(19,11(12,13)14)7(28-9)17-3-2-5(15)16-8(17)34/h2-3,6-7,18-19H,4H2,1H3,(H,23,24)(H,25,26)(H2,15,16,34)(H2,20,21,22)/t6-,7+,9?,10?/m0/s1. The van der Waals surface area contributed by atoms with E-state index < -0.39 is 64.6 Å². The molecule has 0 saturated carbocycles. The lowest BCUT2D eigenvalue weighted by molar-refractivity contribution is -0.304. The summed E-state index contributed by atoms with van der Waals surface area (Å²) in [5, 5.41) is 20.8. The van der Waals surface area contributed by atoms with Crippen molar-refractivity contribution in [2.24, 2.45) is 0 Å². The van der Waals surface area contributed by atoms with Crippen LogP contribution in [0.1, 0.15) is 13.2 Å². The Bertz CT molecular complexity index is 1150. The van der Waals surface area contributed by atoms with Gasteiger partial charge in [-0.25, -0.2) is 18.7 Å². The van der Waals surface area contributed by atoms with Crippen LogP contribution in [0.2, 0.25) is 0 Å². The average Bonchev–Trinajstić information content (AvgIpc) is 2.80. The third-order valence-electron chi connectivity index (χ3n) is 4.24. The predicted octanol–water partition coefficient (Wildman–Crippen LogP) is 0.480. The summed E-state index contributed by atoms with van der Waals surface area (Å²) in [4.78, 5) is 39.2. The summed E-state index contributed by atoms with van der Waals surface area (Å²) < 4.78 is 91.6. The number of nitrogen functional groups attached to an aromatic ring is 1. The molecule has 196 valence electrons. The van der Waals surface area contributed by atoms with E-state index in [-0.39, 0.29) is 5.82 Å². The van der Waals surface area contributed by atoms with Crippen molar-refractivity contribution in [1.82, 2.24) is 9.55 Å². The summed E-state index contributed by atoms with van der Waals surface area (Å²) in [7, 11) is -17.4. The molecular weight excluding hydrogens is 564 g/mol. The molecule has 1 saturated heterocycles. The maximum atomic E-state index is 13.8. The molecule has 0 aromatic carbocycles. The number of aliphatic hydroxyl groups is 2. The Balaban J connectivity index is 2.37. The number of phosphoric ester groups is 1. The van der Waals surface area contributed by atoms with E-state index in [9.17, 15) is 42.0 Å². The number of hydrogen-bond acceptors (Lipinski definition) is 12. The third kappa shape index (κ3) is 6.29. The second-order valence-corrected chi connectivity index (χ2v) is 11.7. The monoisotopic (exact) mass is 581 g/mol. The van der Waals surface area contributed by atoms with Gasteiger partial charge in [-0.3, -0.25) is 9.09 Å². The Labute approximate surface area is 192 Å². The van der Waals surface area contributed by atoms with E-state index in [0.717, 1.165) is 12.3 Å². The molecule has 2 rings (SSSR count). The van der Waals surface area contributed by atoms with Crippen molar-refractivity contribution in [3.63, 3.8) is 0 Å². The molecular formula is C11H17F3N3O13P3S. The smallest absolute Gasteiger partial charge is 0.386 e. The van der Waals surface area contributed by atoms with Gasteiger partial charge in [0, 0.05) is 6.20 Å². The van der Waals surface area contributed by atoms with Gasteiger partial charge in [-0.1, -0.05) is 0 Å². The fourth-order valence-electron chi connectivity index (χ4n) is 2.80. The van der Waals surface area contributed by atoms with Gasteiger partial charge in [-0.2, -0.15) is 21.8 Å². The number of phosphoric acid groups is 3. The number of aromatic nitrogens is 2. The first-order valence-electron chi connectivity index (χ1n) is 8.31. The van der Waals surface area contributed by atoms with Crippen molar-refractivity contribution >= 4 is 41.5 Å². The zero-order chi connectivity index (χ0) is 26.5. The van der Waals surface area contributed by atoms with Crippen molar-refractivity contribution < 1.29 is 74.5 Å². The quantitative estimate of drug-likeness (QED) is 0.163. The highest BCUT2D eigenvalue weighted by Crippen LogP contribution is 2.66. The maximum Gasteiger partial charge on any atom is 0.490 e. The summed E-state index contributed by atoms with van der Waals surface area (Å²) in [6.07, 6.45) is -10.2. The van der Waals surface area contributed by atoms with Gasteiger partial charge in [0.05, 0.1) is 6.61 Å². The number of alkyl halides is 3. The van der Waals surface area contributed by atoms with Crippen molar-refractivity contribution in [3.05, 3.63) is 17.0 Å². The molecule has 8 N–H and O–H groups in total. The van der Waals surface area contributed by atoms with E-state index in [4.69, 9.17) is 37.4 Å². The molecule has 1 aliphatic rings. The van der Waals surface area contributed by atoms with Gasteiger partial charge in [-0.05, 0) is 25.2 Å². The lowest BCUT2D eigenvalue weighted by atomic mass is 9.87. The molecule has 1 aromatic heterocycles. The van der Waals surface area contributed by atoms with Crippen LogP contribution in [0.3, 0.4) is 0 Å². The number of ether oxygens (including phenoxy) is 1. The highest BCUT2D eigenvalue weighted by molar-refractivity contribution is 7.71. The van der Waals surface area contributed by atoms with Gasteiger partial charge in [0.15, 0.2) is 6.23 Å². The van der Waals surface area contributed by atoms with E-state index in [2.05, 4.69) is 18.1 Å². The van der Waals surface area contributed by atoms with Crippen molar-refractivity contribution in [3.8, 4) is 0 Å². The van der Waals surface area contributed by atoms with Crippen molar-refractivity contribution in [2.75, 3.05) is 12.3 Å². The molecule has 0 amide bonds. The van der Waals surface area contributed by atoms with Gasteiger partial charge >= 0.3 is 29.6 Å². The third-order valence-corrected chi connectivity index (χ3v) is 8.33. The molecule has 2 heterocycles. The van der Waals surface area contributed by atoms with Gasteiger partial charge in [0.2, 0.25) is 10.4 Å². The minimum absolute atomic E-state index is 0.203. The molecule has 1 aliphatic heterocycles. The van der Waals surface area contributed by atoms with Crippen LogP contribution in [0.15, 0.2) is 12.3 Å². The van der Waals surface area contributed by atoms with Gasteiger partial charge in [0.25, 0.3) is 0 Å². The first-order chi connectivity index (χ1) is 15.0. The SMILES string of the molecule is CC1(COP(=O)(O)OP(=O)(O)OP(=O)(O)O)O[C@@H](n2ccc(N)nc2=S)C(O)(C(F)(F)F)[C@H]1O. The second kappa shape index (κ2) is 9.24. The normalized spacial score (nSPS) is 31.7. The molecule has 0 aliphatic carbocycles. The molecule has 0 radical (unpaired) electrons. The molecule has 34 heavy (non-hydrogen) atoms. The van der Waals surface area contributed by atoms with E-state index in [1.807, 2.05) is 0 Å². The van der Waals surface area contributed by atoms with E-state index in [1.54, 1.807) is 0 Å². The van der Waals surface area contributed by atoms with E-state index >= 15 is 0 Å². The number of aliphatic hydroxyl groups excluding tert-OH is 1. The second-order valence-electron chi connectivity index (χ2n) is 6.92. The molecule has 16 nitrogen and oxygen atoms in total. The molecule has 0 spiro atoms. The zero-order valence-corrected chi connectivity index (χ0v) is 19.9. The van der Waals surface area contributed by atoms with Crippen LogP contribution in [-0.2, 0) is 31.6 Å². The van der Waals surface area contributed by atoms with Gasteiger partial charge in [-0.15, -0.1) is 0 Å². The number of nitrogens with zero attached hydrogens (tertiary/aromatic N) is 2. The fourth-order valence-corrected chi connectivity index (χ4v) is 6.18. The molecule has 6 atom stereocenters. The fraction of sp³-hybridized carbons (Fsp3) is 0.636. The zero-order valence-electron chi connectivity index (χ0n) is 16.4. The predicted molar refractivity (Wildman–Crippen MR) is 103 cm³/mol. The van der Waals surface area contributed by atoms with Gasteiger partial charge < -0.3 is 40.3 Å². The maximum absolute atomic E-state index is 13.8. The first-order valence-corrected chi connectivity index (χ1v) is 13.2. The Hall–Kier alpha value is -0.820. The summed E-state index contributed by atoms with van der Waals surface area (Å²) >= 11 is 4.80. The van der Waals surface area contributed by atoms with Crippen LogP contribution >= 0.6 is 35.7 Å². The Morgan fingerprint density at radius 2 is 1.79 bits per heavy atom. The van der Waals surface area contributed by atoms with Gasteiger partial charge in [0.1, 0.15) is 17.5 Å². The minimum atomic E-state index is -5.93. The Morgan fingerprint density at radius 1 is 1.24 bits per heavy atom. The lowest BCUT2D eigenvalue weighted by Gasteiger charge is -2.34. The highest BCUT2D eigenvalue weighted by Gasteiger charge is 2.74. The average molecular weight is 581 g/mol. The van der Waals surface area contributed by atoms with Crippen LogP contribution in [0.5, 0.6) is 0 Å². The Morgan fingerprint density at radius 3 is 2.26 bits per heavy atom. The van der Waals surface area contributed by atoms with E-state index in [0.29, 0.717) is 11.5 Å². The summed E-state index contributed by atoms with van der Waals surface area (Å²) in [6.45, 7) is -0.810. The molecule has 23 heteroatoms. The highest BCUT2D eigenvalue weighted by atomic mass is 32.1. The van der Waals surface area contributed by atoms with Crippen LogP contribution in [0.25, 0.3) is 0 Å². The van der Waals surface area contributed by atoms with Crippen molar-refractivity contribution in [1.29, 1.82) is 0 Å². The minimum Gasteiger partial charge on any atom is -0.386 e. The van der Waals surface area contributed by atoms with E-state index in [1.165, 1.54) is 0 Å². The van der Waals surface area contributed by atoms with Crippen LogP contribution in [0, 0.1) is 4.77 Å². The lowest BCUT2D eigenvalue weighted by Crippen LogP contribution is -2.60. The van der Waals surface area contributed by atoms with Crippen molar-refractivity contribution in [2.45, 2.75) is 36.6 Å². The first kappa shape index (κ1) is 29.4. The molecule has 1 fully saturated rings. The van der Waals surface area contributed by atoms with Crippen LogP contribution in [0.4, 0.5) is 19.0 Å². The number of nitrogens with two attached hydrogens (primary N) is 1. The topological polar surface area (TPSA) is 253 Å². The van der Waals surface area contributed by atoms with Crippen LogP contribution in [-0.4, -0.2) is 69.4 Å². The Kier molecular flexibility index (Phi) is 7.99.